The van der Waals surface area contributed by atoms with Crippen LogP contribution in [-0.2, 0) is 9.84 Å². The highest BCUT2D eigenvalue weighted by molar-refractivity contribution is 7.91. The summed E-state index contributed by atoms with van der Waals surface area (Å²) in [6.07, 6.45) is 0. The van der Waals surface area contributed by atoms with Crippen molar-refractivity contribution in [2.75, 3.05) is 21.3 Å². The van der Waals surface area contributed by atoms with E-state index in [2.05, 4.69) is 0 Å². The number of nitro benzene ring substituents is 1. The van der Waals surface area contributed by atoms with E-state index in [1.165, 1.54) is 24.3 Å². The highest BCUT2D eigenvalue weighted by Crippen LogP contribution is 2.38. The molecule has 0 aliphatic carbocycles. The lowest BCUT2D eigenvalue weighted by Gasteiger charge is -2.25. The fourth-order valence-corrected chi connectivity index (χ4v) is 6.04. The predicted molar refractivity (Wildman–Crippen MR) is 103 cm³/mol. The molecule has 2 aromatic rings. The molecule has 7 nitrogen and oxygen atoms in total. The summed E-state index contributed by atoms with van der Waals surface area (Å²) in [5, 5.41) is 11.3. The molecule has 2 heterocycles. The zero-order valence-corrected chi connectivity index (χ0v) is 15.5. The Kier molecular flexibility index (Phi) is 4.11. The molecule has 10 heteroatoms. The van der Waals surface area contributed by atoms with Gasteiger partial charge in [-0.05, 0) is 48.6 Å². The minimum Gasteiger partial charge on any atom is -0.312 e. The number of benzene rings is 2. The number of nitro groups is 1. The maximum Gasteiger partial charge on any atom is 0.269 e. The van der Waals surface area contributed by atoms with Gasteiger partial charge in [0.2, 0.25) is 0 Å². The summed E-state index contributed by atoms with van der Waals surface area (Å²) in [6.45, 7) is 0. The topological polar surface area (TPSA) is 83.8 Å². The Morgan fingerprint density at radius 3 is 1.85 bits per heavy atom. The summed E-state index contributed by atoms with van der Waals surface area (Å²) in [7, 11) is -3.27. The quantitative estimate of drug-likeness (QED) is 0.439. The van der Waals surface area contributed by atoms with Crippen LogP contribution in [-0.4, -0.2) is 42.0 Å². The Balaban J connectivity index is 1.76. The van der Waals surface area contributed by atoms with Gasteiger partial charge in [0.1, 0.15) is 5.82 Å². The van der Waals surface area contributed by atoms with Crippen LogP contribution in [0.1, 0.15) is 0 Å². The maximum atomic E-state index is 13.3. The van der Waals surface area contributed by atoms with E-state index < -0.39 is 32.7 Å². The molecule has 2 aliphatic heterocycles. The first-order valence-corrected chi connectivity index (χ1v) is 10.3. The van der Waals surface area contributed by atoms with E-state index in [1.54, 1.807) is 34.1 Å². The molecule has 2 saturated heterocycles. The molecule has 0 unspecified atom stereocenters. The van der Waals surface area contributed by atoms with Gasteiger partial charge in [-0.15, -0.1) is 0 Å². The fraction of sp³-hybridized carbons (Fsp3) is 0.235. The van der Waals surface area contributed by atoms with Crippen molar-refractivity contribution in [1.29, 1.82) is 0 Å². The third kappa shape index (κ3) is 3.04. The van der Waals surface area contributed by atoms with Gasteiger partial charge in [0, 0.05) is 23.5 Å². The van der Waals surface area contributed by atoms with Crippen LogP contribution in [0.25, 0.3) is 0 Å². The Morgan fingerprint density at radius 2 is 1.41 bits per heavy atom. The third-order valence-corrected chi connectivity index (χ3v) is 6.90. The number of anilines is 2. The molecule has 0 N–H and O–H groups in total. The number of sulfone groups is 1. The van der Waals surface area contributed by atoms with Crippen molar-refractivity contribution in [3.63, 3.8) is 0 Å². The first-order chi connectivity index (χ1) is 12.8. The van der Waals surface area contributed by atoms with Crippen LogP contribution in [0.5, 0.6) is 0 Å². The van der Waals surface area contributed by atoms with Gasteiger partial charge in [-0.1, -0.05) is 0 Å². The van der Waals surface area contributed by atoms with Crippen LogP contribution in [0.4, 0.5) is 21.5 Å². The minimum atomic E-state index is -3.27. The van der Waals surface area contributed by atoms with Crippen molar-refractivity contribution in [3.05, 3.63) is 64.5 Å². The molecule has 0 amide bonds. The second kappa shape index (κ2) is 6.24. The molecule has 2 atom stereocenters. The average molecular weight is 407 g/mol. The highest BCUT2D eigenvalue weighted by Gasteiger charge is 2.52. The van der Waals surface area contributed by atoms with Crippen LogP contribution in [0.2, 0.25) is 0 Å². The fourth-order valence-electron chi connectivity index (χ4n) is 3.64. The van der Waals surface area contributed by atoms with Crippen molar-refractivity contribution >= 4 is 44.2 Å². The molecule has 2 aromatic carbocycles. The van der Waals surface area contributed by atoms with Gasteiger partial charge in [-0.3, -0.25) is 10.1 Å². The molecular weight excluding hydrogens is 393 g/mol. The van der Waals surface area contributed by atoms with Crippen LogP contribution < -0.4 is 9.80 Å². The van der Waals surface area contributed by atoms with Gasteiger partial charge in [-0.25, -0.2) is 12.8 Å². The standard InChI is InChI=1S/C17H14FN3O4S2/c18-11-1-3-12(4-2-11)19-15-9-27(24,25)10-16(15)20(17(19)26)13-5-7-14(8-6-13)21(22)23/h1-8,15-16H,9-10H2/t15-,16+/m1/s1. The van der Waals surface area contributed by atoms with Gasteiger partial charge in [0.05, 0.1) is 28.5 Å². The Morgan fingerprint density at radius 1 is 0.963 bits per heavy atom. The summed E-state index contributed by atoms with van der Waals surface area (Å²) >= 11 is 5.60. The summed E-state index contributed by atoms with van der Waals surface area (Å²) in [6, 6.07) is 10.7. The average Bonchev–Trinajstić information content (AvgIpc) is 3.05. The lowest BCUT2D eigenvalue weighted by Crippen LogP contribution is -2.37. The van der Waals surface area contributed by atoms with Crippen molar-refractivity contribution in [2.45, 2.75) is 12.1 Å². The number of thiocarbonyl (C=S) groups is 1. The van der Waals surface area contributed by atoms with Crippen LogP contribution in [0.3, 0.4) is 0 Å². The molecule has 2 fully saturated rings. The van der Waals surface area contributed by atoms with Crippen molar-refractivity contribution in [2.24, 2.45) is 0 Å². The van der Waals surface area contributed by atoms with E-state index in [4.69, 9.17) is 12.2 Å². The number of hydrogen-bond acceptors (Lipinski definition) is 5. The number of halogens is 1. The van der Waals surface area contributed by atoms with E-state index in [0.29, 0.717) is 16.5 Å². The zero-order valence-electron chi connectivity index (χ0n) is 13.9. The summed E-state index contributed by atoms with van der Waals surface area (Å²) in [5.41, 5.74) is 1.13. The molecule has 27 heavy (non-hydrogen) atoms. The number of non-ortho nitro benzene ring substituents is 1. The van der Waals surface area contributed by atoms with Gasteiger partial charge in [-0.2, -0.15) is 0 Å². The lowest BCUT2D eigenvalue weighted by atomic mass is 10.1. The third-order valence-electron chi connectivity index (χ3n) is 4.81. The number of nitrogens with zero attached hydrogens (tertiary/aromatic N) is 3. The second-order valence-corrected chi connectivity index (χ2v) is 9.00. The highest BCUT2D eigenvalue weighted by atomic mass is 32.2. The van der Waals surface area contributed by atoms with Crippen LogP contribution >= 0.6 is 12.2 Å². The molecule has 2 aliphatic rings. The van der Waals surface area contributed by atoms with Crippen molar-refractivity contribution in [3.8, 4) is 0 Å². The molecule has 0 spiro atoms. The lowest BCUT2D eigenvalue weighted by molar-refractivity contribution is -0.384. The molecule has 140 valence electrons. The first kappa shape index (κ1) is 17.8. The summed E-state index contributed by atoms with van der Waals surface area (Å²) in [4.78, 5) is 13.8. The van der Waals surface area contributed by atoms with Gasteiger partial charge in [0.25, 0.3) is 5.69 Å². The Hall–Kier alpha value is -2.59. The maximum absolute atomic E-state index is 13.3. The SMILES string of the molecule is O=[N+]([O-])c1ccc(N2C(=S)N(c3ccc(F)cc3)[C@@H]3CS(=O)(=O)C[C@@H]32)cc1. The normalized spacial score (nSPS) is 23.5. The number of hydrogen-bond donors (Lipinski definition) is 0. The van der Waals surface area contributed by atoms with Gasteiger partial charge < -0.3 is 9.80 Å². The Bertz CT molecular complexity index is 1030. The monoisotopic (exact) mass is 407 g/mol. The molecule has 0 aromatic heterocycles. The Labute approximate surface area is 160 Å². The van der Waals surface area contributed by atoms with Gasteiger partial charge in [0.15, 0.2) is 14.9 Å². The zero-order chi connectivity index (χ0) is 19.3. The minimum absolute atomic E-state index is 0.0569. The van der Waals surface area contributed by atoms with E-state index in [9.17, 15) is 22.9 Å². The molecule has 0 radical (unpaired) electrons. The largest absolute Gasteiger partial charge is 0.312 e. The molecule has 4 rings (SSSR count). The summed E-state index contributed by atoms with van der Waals surface area (Å²) < 4.78 is 37.8. The van der Waals surface area contributed by atoms with E-state index >= 15 is 0 Å². The second-order valence-electron chi connectivity index (χ2n) is 6.48. The first-order valence-electron chi connectivity index (χ1n) is 8.10. The predicted octanol–water partition coefficient (Wildman–Crippen LogP) is 2.51. The van der Waals surface area contributed by atoms with Gasteiger partial charge >= 0.3 is 0 Å². The van der Waals surface area contributed by atoms with Crippen molar-refractivity contribution < 1.29 is 17.7 Å². The smallest absolute Gasteiger partial charge is 0.269 e. The molecule has 0 saturated carbocycles. The number of rotatable bonds is 3. The van der Waals surface area contributed by atoms with Crippen LogP contribution in [0.15, 0.2) is 48.5 Å². The summed E-state index contributed by atoms with van der Waals surface area (Å²) in [5.74, 6) is -0.516. The van der Waals surface area contributed by atoms with Crippen LogP contribution in [0, 0.1) is 15.9 Å². The van der Waals surface area contributed by atoms with Crippen molar-refractivity contribution in [1.82, 2.24) is 0 Å². The van der Waals surface area contributed by atoms with E-state index in [0.717, 1.165) is 0 Å². The van der Waals surface area contributed by atoms with E-state index in [-0.39, 0.29) is 17.2 Å². The number of fused-ring (bicyclic) bond motifs is 1. The molecule has 0 bridgehead atoms. The molecular formula is C17H14FN3O4S2. The van der Waals surface area contributed by atoms with E-state index in [1.807, 2.05) is 0 Å².